The van der Waals surface area contributed by atoms with Gasteiger partial charge in [-0.2, -0.15) is 0 Å². The summed E-state index contributed by atoms with van der Waals surface area (Å²) in [5.74, 6) is -2.39. The number of hydrogen-bond acceptors (Lipinski definition) is 1. The highest BCUT2D eigenvalue weighted by Gasteiger charge is 2.44. The first-order valence-corrected chi connectivity index (χ1v) is 6.75. The van der Waals surface area contributed by atoms with Gasteiger partial charge < -0.3 is 5.11 Å². The number of carboxylic acids is 1. The minimum absolute atomic E-state index is 0.143. The van der Waals surface area contributed by atoms with Crippen LogP contribution in [0.15, 0.2) is 42.5 Å². The topological polar surface area (TPSA) is 37.3 Å². The maximum absolute atomic E-state index is 13.8. The molecule has 0 saturated heterocycles. The summed E-state index contributed by atoms with van der Waals surface area (Å²) in [5.41, 5.74) is 0.563. The standard InChI is InChI=1S/C17H14F2O2/c18-14-6-3-7-15(19)13(14)10-17(16(20)21)8-11-4-1-2-5-12(11)9-17/h1-7H,8-10H2,(H,20,21). The van der Waals surface area contributed by atoms with E-state index in [4.69, 9.17) is 0 Å². The van der Waals surface area contributed by atoms with Gasteiger partial charge in [-0.1, -0.05) is 30.3 Å². The summed E-state index contributed by atoms with van der Waals surface area (Å²) in [5, 5.41) is 9.63. The minimum atomic E-state index is -1.17. The molecule has 4 heteroatoms. The van der Waals surface area contributed by atoms with Gasteiger partial charge in [-0.25, -0.2) is 8.78 Å². The molecular formula is C17H14F2O2. The highest BCUT2D eigenvalue weighted by Crippen LogP contribution is 2.40. The van der Waals surface area contributed by atoms with Crippen molar-refractivity contribution in [3.8, 4) is 0 Å². The van der Waals surface area contributed by atoms with Gasteiger partial charge in [-0.15, -0.1) is 0 Å². The molecule has 0 aliphatic heterocycles. The summed E-state index contributed by atoms with van der Waals surface area (Å²) in [6, 6.07) is 11.0. The first-order valence-electron chi connectivity index (χ1n) is 6.75. The molecule has 0 unspecified atom stereocenters. The van der Waals surface area contributed by atoms with Crippen molar-refractivity contribution in [1.82, 2.24) is 0 Å². The minimum Gasteiger partial charge on any atom is -0.481 e. The molecule has 0 aromatic heterocycles. The molecule has 0 bridgehead atoms. The number of halogens is 2. The summed E-state index contributed by atoms with van der Waals surface area (Å²) in [6.45, 7) is 0. The largest absolute Gasteiger partial charge is 0.481 e. The fraction of sp³-hybridized carbons (Fsp3) is 0.235. The highest BCUT2D eigenvalue weighted by molar-refractivity contribution is 5.77. The molecule has 0 spiro atoms. The Morgan fingerprint density at radius 1 is 1.00 bits per heavy atom. The maximum Gasteiger partial charge on any atom is 0.310 e. The van der Waals surface area contributed by atoms with Crippen LogP contribution in [0.3, 0.4) is 0 Å². The molecule has 0 fully saturated rings. The first kappa shape index (κ1) is 13.7. The lowest BCUT2D eigenvalue weighted by molar-refractivity contribution is -0.148. The smallest absolute Gasteiger partial charge is 0.310 e. The van der Waals surface area contributed by atoms with E-state index in [1.807, 2.05) is 24.3 Å². The monoisotopic (exact) mass is 288 g/mol. The molecule has 0 saturated carbocycles. The van der Waals surface area contributed by atoms with Crippen molar-refractivity contribution >= 4 is 5.97 Å². The van der Waals surface area contributed by atoms with Crippen LogP contribution in [0.2, 0.25) is 0 Å². The van der Waals surface area contributed by atoms with Gasteiger partial charge >= 0.3 is 5.97 Å². The zero-order chi connectivity index (χ0) is 15.0. The van der Waals surface area contributed by atoms with Crippen LogP contribution in [0.25, 0.3) is 0 Å². The molecule has 1 N–H and O–H groups in total. The fourth-order valence-electron chi connectivity index (χ4n) is 3.09. The van der Waals surface area contributed by atoms with Crippen molar-refractivity contribution < 1.29 is 18.7 Å². The molecule has 0 amide bonds. The predicted molar refractivity (Wildman–Crippen MR) is 74.0 cm³/mol. The van der Waals surface area contributed by atoms with Gasteiger partial charge in [-0.05, 0) is 42.5 Å². The number of carbonyl (C=O) groups is 1. The first-order chi connectivity index (χ1) is 10.0. The lowest BCUT2D eigenvalue weighted by Gasteiger charge is -2.24. The zero-order valence-corrected chi connectivity index (χ0v) is 11.3. The van der Waals surface area contributed by atoms with Crippen molar-refractivity contribution in [2.45, 2.75) is 19.3 Å². The van der Waals surface area contributed by atoms with Crippen LogP contribution in [-0.4, -0.2) is 11.1 Å². The second kappa shape index (κ2) is 4.95. The van der Waals surface area contributed by atoms with Crippen molar-refractivity contribution in [2.75, 3.05) is 0 Å². The van der Waals surface area contributed by atoms with Crippen molar-refractivity contribution in [1.29, 1.82) is 0 Å². The molecule has 21 heavy (non-hydrogen) atoms. The van der Waals surface area contributed by atoms with Crippen LogP contribution in [0.1, 0.15) is 16.7 Å². The Balaban J connectivity index is 2.00. The third kappa shape index (κ3) is 2.31. The lowest BCUT2D eigenvalue weighted by Crippen LogP contribution is -2.35. The Hall–Kier alpha value is -2.23. The molecule has 0 heterocycles. The van der Waals surface area contributed by atoms with E-state index in [1.165, 1.54) is 6.07 Å². The molecular weight excluding hydrogens is 274 g/mol. The number of fused-ring (bicyclic) bond motifs is 1. The van der Waals surface area contributed by atoms with Crippen LogP contribution in [-0.2, 0) is 24.1 Å². The second-order valence-corrected chi connectivity index (χ2v) is 5.58. The summed E-state index contributed by atoms with van der Waals surface area (Å²) in [6.07, 6.45) is 0.452. The number of aliphatic carboxylic acids is 1. The van der Waals surface area contributed by atoms with Crippen LogP contribution < -0.4 is 0 Å². The van der Waals surface area contributed by atoms with Crippen LogP contribution in [0.5, 0.6) is 0 Å². The Morgan fingerprint density at radius 3 is 2.00 bits per heavy atom. The molecule has 1 aliphatic carbocycles. The van der Waals surface area contributed by atoms with E-state index < -0.39 is 23.0 Å². The summed E-state index contributed by atoms with van der Waals surface area (Å²) < 4.78 is 27.7. The Morgan fingerprint density at radius 2 is 1.52 bits per heavy atom. The van der Waals surface area contributed by atoms with Crippen LogP contribution >= 0.6 is 0 Å². The summed E-state index contributed by atoms with van der Waals surface area (Å²) >= 11 is 0. The van der Waals surface area contributed by atoms with Gasteiger partial charge in [-0.3, -0.25) is 4.79 Å². The maximum atomic E-state index is 13.8. The molecule has 0 radical (unpaired) electrons. The van der Waals surface area contributed by atoms with Gasteiger partial charge in [0, 0.05) is 5.56 Å². The van der Waals surface area contributed by atoms with Gasteiger partial charge in [0.1, 0.15) is 11.6 Å². The average molecular weight is 288 g/mol. The van der Waals surface area contributed by atoms with Crippen LogP contribution in [0, 0.1) is 17.0 Å². The van der Waals surface area contributed by atoms with Gasteiger partial charge in [0.15, 0.2) is 0 Å². The average Bonchev–Trinajstić information content (AvgIpc) is 2.83. The van der Waals surface area contributed by atoms with Crippen molar-refractivity contribution in [3.05, 3.63) is 70.8 Å². The highest BCUT2D eigenvalue weighted by atomic mass is 19.1. The van der Waals surface area contributed by atoms with E-state index in [1.54, 1.807) is 0 Å². The number of benzene rings is 2. The molecule has 3 rings (SSSR count). The second-order valence-electron chi connectivity index (χ2n) is 5.58. The van der Waals surface area contributed by atoms with E-state index in [9.17, 15) is 18.7 Å². The quantitative estimate of drug-likeness (QED) is 0.940. The number of carboxylic acid groups (broad SMARTS) is 1. The van der Waals surface area contributed by atoms with E-state index in [-0.39, 0.29) is 12.0 Å². The van der Waals surface area contributed by atoms with Crippen molar-refractivity contribution in [3.63, 3.8) is 0 Å². The zero-order valence-electron chi connectivity index (χ0n) is 11.3. The number of rotatable bonds is 3. The van der Waals surface area contributed by atoms with E-state index in [0.29, 0.717) is 12.8 Å². The number of hydrogen-bond donors (Lipinski definition) is 1. The van der Waals surface area contributed by atoms with Gasteiger partial charge in [0.2, 0.25) is 0 Å². The third-order valence-electron chi connectivity index (χ3n) is 4.21. The molecule has 0 atom stereocenters. The lowest BCUT2D eigenvalue weighted by atomic mass is 9.78. The molecule has 2 aromatic rings. The van der Waals surface area contributed by atoms with Crippen molar-refractivity contribution in [2.24, 2.45) is 5.41 Å². The SMILES string of the molecule is O=C(O)C1(Cc2c(F)cccc2F)Cc2ccccc2C1. The predicted octanol–water partition coefficient (Wildman–Crippen LogP) is 3.38. The molecule has 2 aromatic carbocycles. The van der Waals surface area contributed by atoms with E-state index >= 15 is 0 Å². The molecule has 1 aliphatic rings. The molecule has 2 nitrogen and oxygen atoms in total. The Labute approximate surface area is 121 Å². The van der Waals surface area contributed by atoms with E-state index in [0.717, 1.165) is 23.3 Å². The Bertz CT molecular complexity index is 664. The molecule has 108 valence electrons. The van der Waals surface area contributed by atoms with Gasteiger partial charge in [0.25, 0.3) is 0 Å². The third-order valence-corrected chi connectivity index (χ3v) is 4.21. The Kier molecular flexibility index (Phi) is 3.24. The summed E-state index contributed by atoms with van der Waals surface area (Å²) in [4.78, 5) is 11.8. The van der Waals surface area contributed by atoms with E-state index in [2.05, 4.69) is 0 Å². The summed E-state index contributed by atoms with van der Waals surface area (Å²) in [7, 11) is 0. The van der Waals surface area contributed by atoms with Crippen LogP contribution in [0.4, 0.5) is 8.78 Å². The van der Waals surface area contributed by atoms with Gasteiger partial charge in [0.05, 0.1) is 5.41 Å². The normalized spacial score (nSPS) is 15.7. The fourth-order valence-corrected chi connectivity index (χ4v) is 3.09.